The molecule has 0 spiro atoms. The van der Waals surface area contributed by atoms with E-state index in [0.29, 0.717) is 5.92 Å². The quantitative estimate of drug-likeness (QED) is 0.722. The molecule has 3 nitrogen and oxygen atoms in total. The number of rotatable bonds is 7. The van der Waals surface area contributed by atoms with Crippen molar-refractivity contribution in [1.29, 1.82) is 0 Å². The third-order valence-corrected chi connectivity index (χ3v) is 9.31. The molecule has 1 rings (SSSR count). The van der Waals surface area contributed by atoms with Gasteiger partial charge in [0.25, 0.3) is 0 Å². The maximum Gasteiger partial charge on any atom is 0.430 e. The number of nitrogens with one attached hydrogen (secondary N) is 1. The van der Waals surface area contributed by atoms with Gasteiger partial charge < -0.3 is 8.85 Å². The molecule has 0 unspecified atom stereocenters. The fourth-order valence-electron chi connectivity index (χ4n) is 3.03. The summed E-state index contributed by atoms with van der Waals surface area (Å²) in [7, 11) is 1.23. The fraction of sp³-hybridized carbons (Fsp3) is 1.00. The molecule has 0 aromatic heterocycles. The lowest BCUT2D eigenvalue weighted by molar-refractivity contribution is 0.173. The summed E-state index contributed by atoms with van der Waals surface area (Å²) in [6, 6.07) is 0. The second kappa shape index (κ2) is 7.20. The molecule has 1 N–H and O–H groups in total. The van der Waals surface area contributed by atoms with Crippen LogP contribution in [0.5, 0.6) is 0 Å². The van der Waals surface area contributed by atoms with Crippen molar-refractivity contribution >= 4 is 8.72 Å². The summed E-state index contributed by atoms with van der Waals surface area (Å²) >= 11 is 0. The van der Waals surface area contributed by atoms with Gasteiger partial charge in [-0.3, -0.25) is 4.98 Å². The summed E-state index contributed by atoms with van der Waals surface area (Å²) in [5.74, 6) is 1.33. The van der Waals surface area contributed by atoms with E-state index in [0.717, 1.165) is 12.5 Å². The van der Waals surface area contributed by atoms with Gasteiger partial charge in [0, 0.05) is 19.3 Å². The molecule has 0 atom stereocenters. The van der Waals surface area contributed by atoms with Gasteiger partial charge in [0.15, 0.2) is 0 Å². The average molecular weight is 288 g/mol. The van der Waals surface area contributed by atoms with Crippen molar-refractivity contribution in [3.05, 3.63) is 0 Å². The first-order valence-electron chi connectivity index (χ1n) is 7.75. The van der Waals surface area contributed by atoms with Crippen LogP contribution in [0.2, 0.25) is 5.04 Å². The van der Waals surface area contributed by atoms with Crippen LogP contribution in [0.3, 0.4) is 0 Å². The lowest BCUT2D eigenvalue weighted by atomic mass is 9.90. The summed E-state index contributed by atoms with van der Waals surface area (Å²) < 4.78 is 11.8. The Kier molecular flexibility index (Phi) is 6.50. The van der Waals surface area contributed by atoms with Crippen molar-refractivity contribution < 1.29 is 8.85 Å². The molecule has 1 aliphatic carbocycles. The van der Waals surface area contributed by atoms with Crippen LogP contribution in [-0.4, -0.2) is 29.5 Å². The zero-order valence-corrected chi connectivity index (χ0v) is 14.7. The Labute approximate surface area is 120 Å². The predicted octanol–water partition coefficient (Wildman–Crippen LogP) is 3.82. The first-order chi connectivity index (χ1) is 8.89. The van der Waals surface area contributed by atoms with E-state index in [4.69, 9.17) is 8.85 Å². The minimum absolute atomic E-state index is 0.0468. The van der Waals surface area contributed by atoms with Crippen molar-refractivity contribution in [2.45, 2.75) is 64.8 Å². The Morgan fingerprint density at radius 3 is 2.05 bits per heavy atom. The van der Waals surface area contributed by atoms with Crippen LogP contribution in [0.25, 0.3) is 0 Å². The Balaban J connectivity index is 2.70. The molecular formula is C15H33NO2Si. The smallest absolute Gasteiger partial charge is 0.386 e. The van der Waals surface area contributed by atoms with Gasteiger partial charge in [0.2, 0.25) is 0 Å². The van der Waals surface area contributed by atoms with Gasteiger partial charge >= 0.3 is 8.72 Å². The zero-order valence-electron chi connectivity index (χ0n) is 13.7. The van der Waals surface area contributed by atoms with E-state index in [9.17, 15) is 0 Å². The van der Waals surface area contributed by atoms with E-state index in [1.54, 1.807) is 14.2 Å². The van der Waals surface area contributed by atoms with E-state index in [1.165, 1.54) is 32.1 Å². The van der Waals surface area contributed by atoms with Crippen molar-refractivity contribution in [3.63, 3.8) is 0 Å². The summed E-state index contributed by atoms with van der Waals surface area (Å²) in [5.41, 5.74) is 0. The minimum atomic E-state index is -2.37. The second-order valence-electron chi connectivity index (χ2n) is 6.79. The number of hydrogen-bond donors (Lipinski definition) is 1. The molecule has 0 heterocycles. The van der Waals surface area contributed by atoms with E-state index in [1.807, 2.05) is 0 Å². The molecule has 1 aliphatic rings. The molecule has 0 saturated heterocycles. The Morgan fingerprint density at radius 2 is 1.63 bits per heavy atom. The van der Waals surface area contributed by atoms with E-state index in [-0.39, 0.29) is 5.04 Å². The highest BCUT2D eigenvalue weighted by Gasteiger charge is 2.53. The largest absolute Gasteiger partial charge is 0.430 e. The van der Waals surface area contributed by atoms with Crippen LogP contribution in [0.4, 0.5) is 0 Å². The van der Waals surface area contributed by atoms with Crippen LogP contribution >= 0.6 is 0 Å². The molecule has 0 aromatic rings. The fourth-order valence-corrected chi connectivity index (χ4v) is 6.31. The lowest BCUT2D eigenvalue weighted by Crippen LogP contribution is -2.64. The van der Waals surface area contributed by atoms with Gasteiger partial charge in [-0.15, -0.1) is 0 Å². The van der Waals surface area contributed by atoms with Crippen LogP contribution in [0.15, 0.2) is 0 Å². The Hall–Kier alpha value is 0.0969. The second-order valence-corrected chi connectivity index (χ2v) is 10.5. The maximum atomic E-state index is 5.91. The van der Waals surface area contributed by atoms with Crippen LogP contribution in [-0.2, 0) is 8.85 Å². The van der Waals surface area contributed by atoms with Crippen molar-refractivity contribution in [2.24, 2.45) is 11.8 Å². The molecule has 0 aromatic carbocycles. The van der Waals surface area contributed by atoms with E-state index in [2.05, 4.69) is 32.7 Å². The van der Waals surface area contributed by atoms with Crippen LogP contribution in [0, 0.1) is 11.8 Å². The first-order valence-corrected chi connectivity index (χ1v) is 9.56. The topological polar surface area (TPSA) is 30.5 Å². The third kappa shape index (κ3) is 3.81. The third-order valence-electron chi connectivity index (χ3n) is 5.21. The van der Waals surface area contributed by atoms with Gasteiger partial charge in [-0.2, -0.15) is 0 Å². The Morgan fingerprint density at radius 1 is 1.11 bits per heavy atom. The molecule has 0 amide bonds. The monoisotopic (exact) mass is 287 g/mol. The van der Waals surface area contributed by atoms with Crippen molar-refractivity contribution in [3.8, 4) is 0 Å². The van der Waals surface area contributed by atoms with Gasteiger partial charge in [0.1, 0.15) is 0 Å². The van der Waals surface area contributed by atoms with Crippen LogP contribution in [0.1, 0.15) is 59.8 Å². The highest BCUT2D eigenvalue weighted by atomic mass is 28.4. The van der Waals surface area contributed by atoms with Crippen molar-refractivity contribution in [2.75, 3.05) is 20.8 Å². The SMILES string of the molecule is CO[Si](NCC1CCCCC1)(OC)C(C)(C)C(C)C. The zero-order chi connectivity index (χ0) is 14.5. The molecule has 19 heavy (non-hydrogen) atoms. The molecule has 0 aliphatic heterocycles. The molecule has 1 saturated carbocycles. The molecule has 0 radical (unpaired) electrons. The average Bonchev–Trinajstić information content (AvgIpc) is 2.41. The summed E-state index contributed by atoms with van der Waals surface area (Å²) in [4.78, 5) is 3.72. The van der Waals surface area contributed by atoms with Gasteiger partial charge in [-0.1, -0.05) is 47.0 Å². The summed E-state index contributed by atoms with van der Waals surface area (Å²) in [5, 5.41) is 0.0468. The highest BCUT2D eigenvalue weighted by Crippen LogP contribution is 2.43. The standard InChI is InChI=1S/C15H33NO2Si/c1-13(2)15(3,4)19(17-5,18-6)16-12-14-10-8-7-9-11-14/h13-14,16H,7-12H2,1-6H3. The lowest BCUT2D eigenvalue weighted by Gasteiger charge is -2.44. The molecule has 114 valence electrons. The van der Waals surface area contributed by atoms with E-state index >= 15 is 0 Å². The predicted molar refractivity (Wildman–Crippen MR) is 83.2 cm³/mol. The Bertz CT molecular complexity index is 259. The van der Waals surface area contributed by atoms with Crippen molar-refractivity contribution in [1.82, 2.24) is 4.98 Å². The molecule has 0 bridgehead atoms. The summed E-state index contributed by atoms with van der Waals surface area (Å²) in [6.07, 6.45) is 6.88. The van der Waals surface area contributed by atoms with Gasteiger partial charge in [-0.25, -0.2) is 0 Å². The van der Waals surface area contributed by atoms with Crippen LogP contribution < -0.4 is 4.98 Å². The van der Waals surface area contributed by atoms with Gasteiger partial charge in [0.05, 0.1) is 0 Å². The van der Waals surface area contributed by atoms with Gasteiger partial charge in [-0.05, 0) is 31.2 Å². The molecular weight excluding hydrogens is 254 g/mol. The molecule has 1 fully saturated rings. The first kappa shape index (κ1) is 17.1. The summed E-state index contributed by atoms with van der Waals surface area (Å²) in [6.45, 7) is 10.1. The van der Waals surface area contributed by atoms with E-state index < -0.39 is 8.72 Å². The maximum absolute atomic E-state index is 5.91. The minimum Gasteiger partial charge on any atom is -0.386 e. The highest BCUT2D eigenvalue weighted by molar-refractivity contribution is 6.68. The number of hydrogen-bond acceptors (Lipinski definition) is 3. The normalized spacial score (nSPS) is 19.1. The molecule has 4 heteroatoms.